The molecule has 3 aliphatic rings. The molecule has 3 nitrogen and oxygen atoms in total. The van der Waals surface area contributed by atoms with E-state index in [4.69, 9.17) is 4.74 Å². The van der Waals surface area contributed by atoms with Crippen molar-refractivity contribution in [1.82, 2.24) is 4.57 Å². The van der Waals surface area contributed by atoms with Crippen LogP contribution in [0.4, 0.5) is 11.4 Å². The van der Waals surface area contributed by atoms with Crippen LogP contribution < -0.4 is 20.5 Å². The molecule has 8 aromatic rings. The van der Waals surface area contributed by atoms with Gasteiger partial charge in [-0.15, -0.1) is 0 Å². The summed E-state index contributed by atoms with van der Waals surface area (Å²) in [5.41, 5.74) is 13.6. The number of anilines is 2. The maximum atomic E-state index is 6.59. The van der Waals surface area contributed by atoms with Crippen molar-refractivity contribution in [2.24, 2.45) is 0 Å². The average Bonchev–Trinajstić information content (AvgIpc) is 3.44. The SMILES string of the molecule is c1ccc(-c2cc3c4c(c2)-n2c5c(cccc5c5ccc6ccccc6c52)B4N2c4ccccc4Oc4cccc-3c42)cc1. The average molecular weight is 558 g/mol. The minimum absolute atomic E-state index is 0.00435. The van der Waals surface area contributed by atoms with Gasteiger partial charge in [0.05, 0.1) is 22.4 Å². The molecule has 44 heavy (non-hydrogen) atoms. The molecule has 0 saturated carbocycles. The Bertz CT molecular complexity index is 2550. The lowest BCUT2D eigenvalue weighted by Crippen LogP contribution is -2.61. The molecule has 4 heteroatoms. The molecule has 0 radical (unpaired) electrons. The molecule has 3 aliphatic heterocycles. The summed E-state index contributed by atoms with van der Waals surface area (Å²) >= 11 is 0. The van der Waals surface area contributed by atoms with E-state index in [0.29, 0.717) is 0 Å². The molecule has 0 aliphatic carbocycles. The van der Waals surface area contributed by atoms with Gasteiger partial charge in [0.15, 0.2) is 5.75 Å². The molecule has 4 heterocycles. The Morgan fingerprint density at radius 2 is 1.27 bits per heavy atom. The minimum atomic E-state index is -0.00435. The molecular formula is C40H23BN2O. The van der Waals surface area contributed by atoms with Crippen molar-refractivity contribution in [1.29, 1.82) is 0 Å². The highest BCUT2D eigenvalue weighted by Gasteiger charge is 2.47. The van der Waals surface area contributed by atoms with Crippen molar-refractivity contribution in [3.05, 3.63) is 140 Å². The molecule has 202 valence electrons. The number of rotatable bonds is 1. The molecule has 0 N–H and O–H groups in total. The lowest BCUT2D eigenvalue weighted by atomic mass is 9.43. The Kier molecular flexibility index (Phi) is 4.15. The molecule has 0 atom stereocenters. The van der Waals surface area contributed by atoms with Crippen molar-refractivity contribution in [2.45, 2.75) is 0 Å². The van der Waals surface area contributed by atoms with Crippen LogP contribution in [0.15, 0.2) is 140 Å². The van der Waals surface area contributed by atoms with Crippen LogP contribution >= 0.6 is 0 Å². The normalized spacial score (nSPS) is 13.5. The fourth-order valence-corrected chi connectivity index (χ4v) is 8.19. The van der Waals surface area contributed by atoms with Gasteiger partial charge in [0.25, 0.3) is 0 Å². The summed E-state index contributed by atoms with van der Waals surface area (Å²) in [6.07, 6.45) is 0. The summed E-state index contributed by atoms with van der Waals surface area (Å²) in [5.74, 6) is 1.80. The lowest BCUT2D eigenvalue weighted by Gasteiger charge is -2.45. The van der Waals surface area contributed by atoms with Crippen LogP contribution in [0.25, 0.3) is 60.5 Å². The summed E-state index contributed by atoms with van der Waals surface area (Å²) in [6, 6.07) is 50.9. The van der Waals surface area contributed by atoms with Gasteiger partial charge in [-0.2, -0.15) is 0 Å². The summed E-state index contributed by atoms with van der Waals surface area (Å²) in [4.78, 5) is 2.55. The molecule has 1 aromatic heterocycles. The second-order valence-corrected chi connectivity index (χ2v) is 12.1. The van der Waals surface area contributed by atoms with Gasteiger partial charge in [0, 0.05) is 27.4 Å². The van der Waals surface area contributed by atoms with Gasteiger partial charge in [-0.1, -0.05) is 109 Å². The number of hydrogen-bond acceptors (Lipinski definition) is 2. The Morgan fingerprint density at radius 3 is 2.23 bits per heavy atom. The molecule has 0 saturated heterocycles. The second-order valence-electron chi connectivity index (χ2n) is 12.1. The number of para-hydroxylation sites is 4. The Balaban J connectivity index is 1.38. The third-order valence-electron chi connectivity index (χ3n) is 9.91. The van der Waals surface area contributed by atoms with Crippen LogP contribution in [-0.2, 0) is 0 Å². The van der Waals surface area contributed by atoms with E-state index < -0.39 is 0 Å². The molecule has 0 amide bonds. The van der Waals surface area contributed by atoms with Gasteiger partial charge in [0.1, 0.15) is 5.75 Å². The first-order valence-electron chi connectivity index (χ1n) is 15.2. The maximum Gasteiger partial charge on any atom is 0.333 e. The van der Waals surface area contributed by atoms with Gasteiger partial charge in [0.2, 0.25) is 0 Å². The fourth-order valence-electron chi connectivity index (χ4n) is 8.19. The van der Waals surface area contributed by atoms with E-state index >= 15 is 0 Å². The van der Waals surface area contributed by atoms with Crippen LogP contribution in [0.1, 0.15) is 0 Å². The van der Waals surface area contributed by atoms with Crippen LogP contribution in [0.5, 0.6) is 11.5 Å². The highest BCUT2D eigenvalue weighted by Crippen LogP contribution is 2.54. The number of aromatic nitrogens is 1. The molecule has 0 fully saturated rings. The van der Waals surface area contributed by atoms with Crippen molar-refractivity contribution in [3.63, 3.8) is 0 Å². The molecule has 0 unspecified atom stereocenters. The zero-order valence-corrected chi connectivity index (χ0v) is 23.7. The second kappa shape index (κ2) is 8.00. The molecule has 7 aromatic carbocycles. The highest BCUT2D eigenvalue weighted by atomic mass is 16.5. The van der Waals surface area contributed by atoms with Crippen LogP contribution in [-0.4, -0.2) is 11.4 Å². The lowest BCUT2D eigenvalue weighted by molar-refractivity contribution is 0.478. The maximum absolute atomic E-state index is 6.59. The number of benzene rings is 7. The Labute approximate surface area is 254 Å². The third-order valence-corrected chi connectivity index (χ3v) is 9.91. The van der Waals surface area contributed by atoms with E-state index in [1.54, 1.807) is 0 Å². The fraction of sp³-hybridized carbons (Fsp3) is 0. The monoisotopic (exact) mass is 558 g/mol. The molecule has 0 spiro atoms. The van der Waals surface area contributed by atoms with Crippen LogP contribution in [0.3, 0.4) is 0 Å². The van der Waals surface area contributed by atoms with Crippen molar-refractivity contribution >= 4 is 61.7 Å². The molecule has 0 bridgehead atoms. The Hall–Kier alpha value is -5.74. The summed E-state index contributed by atoms with van der Waals surface area (Å²) in [7, 11) is 0. The topological polar surface area (TPSA) is 17.4 Å². The molecular weight excluding hydrogens is 535 g/mol. The van der Waals surface area contributed by atoms with Crippen molar-refractivity contribution < 1.29 is 4.74 Å². The van der Waals surface area contributed by atoms with Crippen molar-refractivity contribution in [2.75, 3.05) is 4.81 Å². The van der Waals surface area contributed by atoms with Gasteiger partial charge in [-0.05, 0) is 63.3 Å². The van der Waals surface area contributed by atoms with E-state index in [0.717, 1.165) is 22.9 Å². The predicted molar refractivity (Wildman–Crippen MR) is 183 cm³/mol. The third kappa shape index (κ3) is 2.70. The first-order chi connectivity index (χ1) is 21.8. The number of hydrogen-bond donors (Lipinski definition) is 0. The van der Waals surface area contributed by atoms with Gasteiger partial charge in [-0.25, -0.2) is 0 Å². The van der Waals surface area contributed by atoms with Gasteiger partial charge >= 0.3 is 6.85 Å². The first kappa shape index (κ1) is 22.8. The van der Waals surface area contributed by atoms with Crippen LogP contribution in [0.2, 0.25) is 0 Å². The number of nitrogens with zero attached hydrogens (tertiary/aromatic N) is 2. The summed E-state index contributed by atoms with van der Waals surface area (Å²) < 4.78 is 9.16. The first-order valence-corrected chi connectivity index (χ1v) is 15.2. The van der Waals surface area contributed by atoms with E-state index in [9.17, 15) is 0 Å². The quantitative estimate of drug-likeness (QED) is 0.187. The number of fused-ring (bicyclic) bond motifs is 11. The highest BCUT2D eigenvalue weighted by molar-refractivity contribution is 6.93. The van der Waals surface area contributed by atoms with Crippen molar-refractivity contribution in [3.8, 4) is 39.4 Å². The van der Waals surface area contributed by atoms with Gasteiger partial charge < -0.3 is 14.1 Å². The summed E-state index contributed by atoms with van der Waals surface area (Å²) in [6.45, 7) is -0.00435. The molecule has 11 rings (SSSR count). The largest absolute Gasteiger partial charge is 0.453 e. The smallest absolute Gasteiger partial charge is 0.333 e. The summed E-state index contributed by atoms with van der Waals surface area (Å²) in [5, 5.41) is 5.12. The minimum Gasteiger partial charge on any atom is -0.453 e. The van der Waals surface area contributed by atoms with E-state index in [1.165, 1.54) is 71.4 Å². The standard InChI is InChI=1S/C40H23BN2O/c1-2-10-24(11-3-1)26-22-31-29-15-9-19-36-40(29)43(33-17-6-7-18-35(33)44-36)41-32-16-8-14-28-30-21-20-25-12-4-5-13-27(25)38(30)42(39(28)32)34(23-26)37(31)41/h1-23H. The van der Waals surface area contributed by atoms with E-state index in [1.807, 2.05) is 0 Å². The van der Waals surface area contributed by atoms with E-state index in [2.05, 4.69) is 149 Å². The van der Waals surface area contributed by atoms with Crippen LogP contribution in [0, 0.1) is 0 Å². The zero-order valence-electron chi connectivity index (χ0n) is 23.7. The van der Waals surface area contributed by atoms with Gasteiger partial charge in [-0.3, -0.25) is 0 Å². The zero-order chi connectivity index (χ0) is 28.5. The van der Waals surface area contributed by atoms with E-state index in [-0.39, 0.29) is 6.85 Å². The predicted octanol–water partition coefficient (Wildman–Crippen LogP) is 8.95. The number of ether oxygens (including phenoxy) is 1. The Morgan fingerprint density at radius 1 is 0.500 bits per heavy atom.